The van der Waals surface area contributed by atoms with E-state index in [4.69, 9.17) is 5.73 Å². The van der Waals surface area contributed by atoms with Gasteiger partial charge in [-0.3, -0.25) is 4.57 Å². The third kappa shape index (κ3) is 2.03. The highest BCUT2D eigenvalue weighted by molar-refractivity contribution is 5.35. The molecule has 1 aromatic rings. The number of nitrogen functional groups attached to an aromatic ring is 1. The zero-order valence-corrected chi connectivity index (χ0v) is 9.07. The van der Waals surface area contributed by atoms with Crippen molar-refractivity contribution in [1.82, 2.24) is 9.55 Å². The lowest BCUT2D eigenvalue weighted by atomic mass is 9.95. The molecule has 0 unspecified atom stereocenters. The van der Waals surface area contributed by atoms with Gasteiger partial charge in [-0.2, -0.15) is 4.98 Å². The van der Waals surface area contributed by atoms with Crippen LogP contribution in [0.5, 0.6) is 0 Å². The van der Waals surface area contributed by atoms with E-state index < -0.39 is 0 Å². The quantitative estimate of drug-likeness (QED) is 0.761. The smallest absolute Gasteiger partial charge is 0.349 e. The summed E-state index contributed by atoms with van der Waals surface area (Å²) in [6.45, 7) is 1.89. The van der Waals surface area contributed by atoms with Gasteiger partial charge in [0, 0.05) is 17.8 Å². The Morgan fingerprint density at radius 1 is 1.40 bits per heavy atom. The van der Waals surface area contributed by atoms with Crippen LogP contribution in [0.2, 0.25) is 0 Å². The predicted octanol–water partition coefficient (Wildman–Crippen LogP) is 1.64. The van der Waals surface area contributed by atoms with E-state index in [1.165, 1.54) is 19.3 Å². The van der Waals surface area contributed by atoms with Gasteiger partial charge < -0.3 is 5.73 Å². The molecule has 1 fully saturated rings. The second kappa shape index (κ2) is 4.04. The van der Waals surface area contributed by atoms with Crippen LogP contribution in [-0.2, 0) is 0 Å². The normalized spacial score (nSPS) is 17.9. The van der Waals surface area contributed by atoms with Gasteiger partial charge in [-0.15, -0.1) is 0 Å². The van der Waals surface area contributed by atoms with Crippen LogP contribution < -0.4 is 11.4 Å². The fourth-order valence-electron chi connectivity index (χ4n) is 2.20. The molecule has 15 heavy (non-hydrogen) atoms. The number of anilines is 1. The van der Waals surface area contributed by atoms with Crippen molar-refractivity contribution in [2.75, 3.05) is 5.73 Å². The number of hydrogen-bond donors (Lipinski definition) is 1. The lowest BCUT2D eigenvalue weighted by Crippen LogP contribution is -2.29. The minimum absolute atomic E-state index is 0.204. The fourth-order valence-corrected chi connectivity index (χ4v) is 2.20. The van der Waals surface area contributed by atoms with Gasteiger partial charge >= 0.3 is 5.69 Å². The van der Waals surface area contributed by atoms with E-state index in [1.807, 2.05) is 13.1 Å². The molecular formula is C11H17N3O. The van der Waals surface area contributed by atoms with E-state index in [-0.39, 0.29) is 5.69 Å². The molecule has 0 saturated heterocycles. The van der Waals surface area contributed by atoms with Crippen LogP contribution in [0.15, 0.2) is 11.0 Å². The van der Waals surface area contributed by atoms with E-state index >= 15 is 0 Å². The molecule has 0 atom stereocenters. The molecule has 4 heteroatoms. The number of nitrogens with two attached hydrogens (primary N) is 1. The zero-order valence-electron chi connectivity index (χ0n) is 9.07. The first kappa shape index (κ1) is 10.2. The Hall–Kier alpha value is -1.32. The van der Waals surface area contributed by atoms with Crippen LogP contribution in [0.25, 0.3) is 0 Å². The highest BCUT2D eigenvalue weighted by atomic mass is 16.1. The molecule has 1 aromatic heterocycles. The van der Waals surface area contributed by atoms with Crippen molar-refractivity contribution in [1.29, 1.82) is 0 Å². The number of hydrogen-bond acceptors (Lipinski definition) is 3. The van der Waals surface area contributed by atoms with Crippen LogP contribution in [0.1, 0.15) is 43.7 Å². The predicted molar refractivity (Wildman–Crippen MR) is 59.8 cm³/mol. The maximum atomic E-state index is 11.7. The maximum absolute atomic E-state index is 11.7. The van der Waals surface area contributed by atoms with Crippen molar-refractivity contribution in [3.63, 3.8) is 0 Å². The van der Waals surface area contributed by atoms with Crippen molar-refractivity contribution >= 4 is 5.82 Å². The molecule has 2 N–H and O–H groups in total. The van der Waals surface area contributed by atoms with E-state index in [2.05, 4.69) is 4.98 Å². The van der Waals surface area contributed by atoms with Crippen LogP contribution in [0.4, 0.5) is 5.82 Å². The summed E-state index contributed by atoms with van der Waals surface area (Å²) in [4.78, 5) is 15.5. The monoisotopic (exact) mass is 207 g/mol. The summed E-state index contributed by atoms with van der Waals surface area (Å²) < 4.78 is 1.75. The molecule has 0 spiro atoms. The highest BCUT2D eigenvalue weighted by Gasteiger charge is 2.17. The molecule has 1 aliphatic rings. The molecule has 0 bridgehead atoms. The summed E-state index contributed by atoms with van der Waals surface area (Å²) in [7, 11) is 0. The van der Waals surface area contributed by atoms with Gasteiger partial charge in [0.2, 0.25) is 0 Å². The van der Waals surface area contributed by atoms with Crippen molar-refractivity contribution in [3.05, 3.63) is 22.2 Å². The lowest BCUT2D eigenvalue weighted by molar-refractivity contribution is 0.342. The minimum atomic E-state index is -0.204. The Bertz CT molecular complexity index is 405. The first-order valence-corrected chi connectivity index (χ1v) is 5.54. The first-order chi connectivity index (χ1) is 7.18. The molecule has 2 rings (SSSR count). The standard InChI is InChI=1S/C11H17N3O/c1-8-7-14(11(15)13-10(8)12)9-5-3-2-4-6-9/h7,9H,2-6H2,1H3,(H2,12,13,15). The largest absolute Gasteiger partial charge is 0.383 e. The Morgan fingerprint density at radius 3 is 2.73 bits per heavy atom. The van der Waals surface area contributed by atoms with Crippen LogP contribution in [0.3, 0.4) is 0 Å². The van der Waals surface area contributed by atoms with Gasteiger partial charge in [0.15, 0.2) is 0 Å². The average Bonchev–Trinajstić information content (AvgIpc) is 2.25. The van der Waals surface area contributed by atoms with Crippen molar-refractivity contribution in [3.8, 4) is 0 Å². The van der Waals surface area contributed by atoms with Crippen molar-refractivity contribution < 1.29 is 0 Å². The second-order valence-electron chi connectivity index (χ2n) is 4.29. The van der Waals surface area contributed by atoms with Crippen LogP contribution in [-0.4, -0.2) is 9.55 Å². The van der Waals surface area contributed by atoms with E-state index in [1.54, 1.807) is 4.57 Å². The Morgan fingerprint density at radius 2 is 2.07 bits per heavy atom. The molecule has 0 amide bonds. The van der Waals surface area contributed by atoms with Gasteiger partial charge in [0.05, 0.1) is 0 Å². The van der Waals surface area contributed by atoms with Gasteiger partial charge in [0.25, 0.3) is 0 Å². The SMILES string of the molecule is Cc1cn(C2CCCCC2)c(=O)nc1N. The lowest BCUT2D eigenvalue weighted by Gasteiger charge is -2.23. The summed E-state index contributed by atoms with van der Waals surface area (Å²) >= 11 is 0. The van der Waals surface area contributed by atoms with Crippen molar-refractivity contribution in [2.45, 2.75) is 45.1 Å². The van der Waals surface area contributed by atoms with E-state index in [0.29, 0.717) is 11.9 Å². The third-order valence-electron chi connectivity index (χ3n) is 3.14. The molecule has 1 heterocycles. The van der Waals surface area contributed by atoms with Crippen molar-refractivity contribution in [2.24, 2.45) is 0 Å². The Labute approximate surface area is 89.1 Å². The summed E-state index contributed by atoms with van der Waals surface area (Å²) in [5, 5.41) is 0. The molecule has 1 aliphatic carbocycles. The van der Waals surface area contributed by atoms with Crippen LogP contribution >= 0.6 is 0 Å². The van der Waals surface area contributed by atoms with Gasteiger partial charge in [-0.25, -0.2) is 4.79 Å². The molecule has 4 nitrogen and oxygen atoms in total. The second-order valence-corrected chi connectivity index (χ2v) is 4.29. The average molecular weight is 207 g/mol. The van der Waals surface area contributed by atoms with E-state index in [0.717, 1.165) is 18.4 Å². The third-order valence-corrected chi connectivity index (χ3v) is 3.14. The van der Waals surface area contributed by atoms with E-state index in [9.17, 15) is 4.79 Å². The molecule has 0 aliphatic heterocycles. The summed E-state index contributed by atoms with van der Waals surface area (Å²) in [5.41, 5.74) is 6.28. The number of rotatable bonds is 1. The topological polar surface area (TPSA) is 60.9 Å². The fraction of sp³-hybridized carbons (Fsp3) is 0.636. The number of aromatic nitrogens is 2. The summed E-state index contributed by atoms with van der Waals surface area (Å²) in [6, 6.07) is 0.332. The van der Waals surface area contributed by atoms with Gasteiger partial charge in [-0.05, 0) is 19.8 Å². The van der Waals surface area contributed by atoms with Crippen LogP contribution in [0, 0.1) is 6.92 Å². The summed E-state index contributed by atoms with van der Waals surface area (Å²) in [5.74, 6) is 0.354. The molecule has 1 saturated carbocycles. The Kier molecular flexibility index (Phi) is 2.75. The maximum Gasteiger partial charge on any atom is 0.349 e. The van der Waals surface area contributed by atoms with Gasteiger partial charge in [-0.1, -0.05) is 19.3 Å². The molecule has 82 valence electrons. The van der Waals surface area contributed by atoms with Gasteiger partial charge in [0.1, 0.15) is 5.82 Å². The highest BCUT2D eigenvalue weighted by Crippen LogP contribution is 2.26. The zero-order chi connectivity index (χ0) is 10.8. The first-order valence-electron chi connectivity index (χ1n) is 5.54. The molecular weight excluding hydrogens is 190 g/mol. The minimum Gasteiger partial charge on any atom is -0.383 e. The molecule has 0 aromatic carbocycles. The number of aryl methyl sites for hydroxylation is 1. The Balaban J connectivity index is 2.34. The molecule has 0 radical (unpaired) electrons. The number of nitrogens with zero attached hydrogens (tertiary/aromatic N) is 2. The summed E-state index contributed by atoms with van der Waals surface area (Å²) in [6.07, 6.45) is 7.73.